The molecule has 0 aliphatic rings. The zero-order valence-electron chi connectivity index (χ0n) is 11.7. The SMILES string of the molecule is CNCc1ccc(N(C)C(C)CCSC)c(F)c1. The van der Waals surface area contributed by atoms with Crippen LogP contribution < -0.4 is 10.2 Å². The molecule has 0 aliphatic heterocycles. The Bertz CT molecular complexity index is 371. The van der Waals surface area contributed by atoms with Gasteiger partial charge < -0.3 is 10.2 Å². The molecule has 1 N–H and O–H groups in total. The molecule has 0 fully saturated rings. The van der Waals surface area contributed by atoms with Crippen LogP contribution in [0.2, 0.25) is 0 Å². The Morgan fingerprint density at radius 3 is 2.72 bits per heavy atom. The first kappa shape index (κ1) is 15.3. The molecule has 102 valence electrons. The van der Waals surface area contributed by atoms with E-state index in [-0.39, 0.29) is 5.82 Å². The number of thioether (sulfide) groups is 1. The Balaban J connectivity index is 2.76. The molecule has 1 unspecified atom stereocenters. The van der Waals surface area contributed by atoms with E-state index in [1.54, 1.807) is 6.07 Å². The Morgan fingerprint density at radius 1 is 1.44 bits per heavy atom. The van der Waals surface area contributed by atoms with Crippen molar-refractivity contribution in [3.05, 3.63) is 29.6 Å². The lowest BCUT2D eigenvalue weighted by Crippen LogP contribution is -2.30. The Morgan fingerprint density at radius 2 is 2.17 bits per heavy atom. The van der Waals surface area contributed by atoms with Gasteiger partial charge in [0.05, 0.1) is 5.69 Å². The van der Waals surface area contributed by atoms with Crippen LogP contribution in [0.25, 0.3) is 0 Å². The van der Waals surface area contributed by atoms with E-state index in [2.05, 4.69) is 18.5 Å². The molecule has 0 bridgehead atoms. The summed E-state index contributed by atoms with van der Waals surface area (Å²) in [6.07, 6.45) is 3.16. The number of benzene rings is 1. The standard InChI is InChI=1S/C14H23FN2S/c1-11(7-8-18-4)17(3)14-6-5-12(10-16-2)9-13(14)15/h5-6,9,11,16H,7-8,10H2,1-4H3. The molecule has 0 aromatic heterocycles. The molecule has 1 atom stereocenters. The zero-order chi connectivity index (χ0) is 13.5. The average Bonchev–Trinajstić information content (AvgIpc) is 2.35. The van der Waals surface area contributed by atoms with E-state index < -0.39 is 0 Å². The van der Waals surface area contributed by atoms with Crippen LogP contribution in [0.15, 0.2) is 18.2 Å². The van der Waals surface area contributed by atoms with Gasteiger partial charge in [-0.3, -0.25) is 0 Å². The van der Waals surface area contributed by atoms with E-state index in [0.717, 1.165) is 17.7 Å². The first-order valence-electron chi connectivity index (χ1n) is 6.25. The molecule has 2 nitrogen and oxygen atoms in total. The summed E-state index contributed by atoms with van der Waals surface area (Å²) in [7, 11) is 3.82. The Labute approximate surface area is 114 Å². The van der Waals surface area contributed by atoms with Crippen LogP contribution in [0.4, 0.5) is 10.1 Å². The summed E-state index contributed by atoms with van der Waals surface area (Å²) in [5.41, 5.74) is 1.66. The van der Waals surface area contributed by atoms with E-state index in [1.807, 2.05) is 42.9 Å². The predicted molar refractivity (Wildman–Crippen MR) is 80.0 cm³/mol. The second-order valence-corrected chi connectivity index (χ2v) is 5.54. The van der Waals surface area contributed by atoms with Crippen molar-refractivity contribution in [1.29, 1.82) is 0 Å². The third-order valence-corrected chi connectivity index (χ3v) is 3.82. The molecule has 0 saturated heterocycles. The molecule has 4 heteroatoms. The van der Waals surface area contributed by atoms with Gasteiger partial charge in [0.1, 0.15) is 5.82 Å². The fraction of sp³-hybridized carbons (Fsp3) is 0.571. The summed E-state index contributed by atoms with van der Waals surface area (Å²) < 4.78 is 14.0. The number of halogens is 1. The number of nitrogens with one attached hydrogen (secondary N) is 1. The second kappa shape index (κ2) is 7.64. The molecular formula is C14H23FN2S. The molecule has 0 saturated carbocycles. The van der Waals surface area contributed by atoms with Crippen molar-refractivity contribution in [2.75, 3.05) is 31.0 Å². The molecule has 18 heavy (non-hydrogen) atoms. The van der Waals surface area contributed by atoms with Crippen molar-refractivity contribution in [3.8, 4) is 0 Å². The van der Waals surface area contributed by atoms with Crippen LogP contribution in [-0.4, -0.2) is 32.1 Å². The summed E-state index contributed by atoms with van der Waals surface area (Å²) in [5.74, 6) is 0.964. The van der Waals surface area contributed by atoms with E-state index >= 15 is 0 Å². The van der Waals surface area contributed by atoms with Crippen LogP contribution in [0.1, 0.15) is 18.9 Å². The lowest BCUT2D eigenvalue weighted by atomic mass is 10.1. The van der Waals surface area contributed by atoms with Crippen LogP contribution in [0, 0.1) is 5.82 Å². The van der Waals surface area contributed by atoms with Crippen molar-refractivity contribution in [2.45, 2.75) is 25.9 Å². The first-order chi connectivity index (χ1) is 8.60. The molecule has 0 amide bonds. The summed E-state index contributed by atoms with van der Waals surface area (Å²) in [6.45, 7) is 2.83. The van der Waals surface area contributed by atoms with E-state index in [9.17, 15) is 4.39 Å². The maximum atomic E-state index is 14.0. The summed E-state index contributed by atoms with van der Waals surface area (Å²) in [4.78, 5) is 2.02. The van der Waals surface area contributed by atoms with Gasteiger partial charge >= 0.3 is 0 Å². The highest BCUT2D eigenvalue weighted by Crippen LogP contribution is 2.22. The fourth-order valence-electron chi connectivity index (χ4n) is 1.87. The normalized spacial score (nSPS) is 12.5. The number of rotatable bonds is 7. The number of hydrogen-bond donors (Lipinski definition) is 1. The van der Waals surface area contributed by atoms with Gasteiger partial charge in [-0.25, -0.2) is 4.39 Å². The third kappa shape index (κ3) is 4.18. The highest BCUT2D eigenvalue weighted by atomic mass is 32.2. The smallest absolute Gasteiger partial charge is 0.146 e. The van der Waals surface area contributed by atoms with E-state index in [1.165, 1.54) is 0 Å². The lowest BCUT2D eigenvalue weighted by Gasteiger charge is -2.27. The van der Waals surface area contributed by atoms with Gasteiger partial charge in [0.2, 0.25) is 0 Å². The van der Waals surface area contributed by atoms with Gasteiger partial charge in [0.15, 0.2) is 0 Å². The molecule has 0 spiro atoms. The third-order valence-electron chi connectivity index (χ3n) is 3.17. The van der Waals surface area contributed by atoms with Gasteiger partial charge in [0, 0.05) is 19.6 Å². The van der Waals surface area contributed by atoms with Gasteiger partial charge in [-0.05, 0) is 50.1 Å². The minimum atomic E-state index is -0.138. The zero-order valence-corrected chi connectivity index (χ0v) is 12.5. The molecule has 1 aromatic rings. The topological polar surface area (TPSA) is 15.3 Å². The van der Waals surface area contributed by atoms with Gasteiger partial charge in [-0.15, -0.1) is 0 Å². The van der Waals surface area contributed by atoms with Gasteiger partial charge in [-0.2, -0.15) is 11.8 Å². The van der Waals surface area contributed by atoms with Gasteiger partial charge in [0.25, 0.3) is 0 Å². The Hall–Kier alpha value is -0.740. The Kier molecular flexibility index (Phi) is 6.50. The highest BCUT2D eigenvalue weighted by molar-refractivity contribution is 7.98. The van der Waals surface area contributed by atoms with Crippen molar-refractivity contribution < 1.29 is 4.39 Å². The number of anilines is 1. The predicted octanol–water partition coefficient (Wildman–Crippen LogP) is 3.12. The van der Waals surface area contributed by atoms with Crippen molar-refractivity contribution in [1.82, 2.24) is 5.32 Å². The highest BCUT2D eigenvalue weighted by Gasteiger charge is 2.13. The van der Waals surface area contributed by atoms with Crippen LogP contribution in [0.5, 0.6) is 0 Å². The van der Waals surface area contributed by atoms with Gasteiger partial charge in [-0.1, -0.05) is 6.07 Å². The van der Waals surface area contributed by atoms with Crippen LogP contribution in [0.3, 0.4) is 0 Å². The van der Waals surface area contributed by atoms with Crippen LogP contribution >= 0.6 is 11.8 Å². The minimum Gasteiger partial charge on any atom is -0.369 e. The molecule has 1 aromatic carbocycles. The fourth-order valence-corrected chi connectivity index (χ4v) is 2.45. The molecule has 0 aliphatic carbocycles. The quantitative estimate of drug-likeness (QED) is 0.819. The van der Waals surface area contributed by atoms with Crippen LogP contribution in [-0.2, 0) is 6.54 Å². The molecule has 0 radical (unpaired) electrons. The molecule has 0 heterocycles. The number of hydrogen-bond acceptors (Lipinski definition) is 3. The largest absolute Gasteiger partial charge is 0.369 e. The van der Waals surface area contributed by atoms with Crippen molar-refractivity contribution in [2.24, 2.45) is 0 Å². The maximum Gasteiger partial charge on any atom is 0.146 e. The first-order valence-corrected chi connectivity index (χ1v) is 7.64. The molecule has 1 rings (SSSR count). The lowest BCUT2D eigenvalue weighted by molar-refractivity contribution is 0.598. The maximum absolute atomic E-state index is 14.0. The van der Waals surface area contributed by atoms with E-state index in [0.29, 0.717) is 18.3 Å². The van der Waals surface area contributed by atoms with Crippen molar-refractivity contribution in [3.63, 3.8) is 0 Å². The van der Waals surface area contributed by atoms with Crippen molar-refractivity contribution >= 4 is 17.4 Å². The second-order valence-electron chi connectivity index (χ2n) is 4.56. The molecular weight excluding hydrogens is 247 g/mol. The van der Waals surface area contributed by atoms with E-state index in [4.69, 9.17) is 0 Å². The minimum absolute atomic E-state index is 0.138. The monoisotopic (exact) mass is 270 g/mol. The summed E-state index contributed by atoms with van der Waals surface area (Å²) in [6, 6.07) is 5.82. The summed E-state index contributed by atoms with van der Waals surface area (Å²) in [5, 5.41) is 3.03. The summed E-state index contributed by atoms with van der Waals surface area (Å²) >= 11 is 1.83. The number of nitrogens with zero attached hydrogens (tertiary/aromatic N) is 1. The average molecular weight is 270 g/mol.